The van der Waals surface area contributed by atoms with Gasteiger partial charge in [-0.1, -0.05) is 49.3 Å². The third kappa shape index (κ3) is 4.56. The molecule has 0 radical (unpaired) electrons. The fraction of sp³-hybridized carbons (Fsp3) is 0.500. The maximum absolute atomic E-state index is 11.2. The molecule has 1 aromatic rings. The van der Waals surface area contributed by atoms with E-state index < -0.39 is 7.75 Å². The van der Waals surface area contributed by atoms with Crippen molar-refractivity contribution in [2.75, 3.05) is 7.11 Å². The lowest BCUT2D eigenvalue weighted by molar-refractivity contribution is -0.0787. The molecule has 7 heteroatoms. The van der Waals surface area contributed by atoms with Crippen molar-refractivity contribution in [1.82, 2.24) is 4.83 Å². The third-order valence-electron chi connectivity index (χ3n) is 2.73. The molecule has 0 aliphatic heterocycles. The lowest BCUT2D eigenvalue weighted by Gasteiger charge is -2.23. The van der Waals surface area contributed by atoms with Gasteiger partial charge >= 0.3 is 7.75 Å². The van der Waals surface area contributed by atoms with Crippen LogP contribution >= 0.6 is 19.3 Å². The smallest absolute Gasteiger partial charge is 0.311 e. The largest absolute Gasteiger partial charge is 0.426 e. The second kappa shape index (κ2) is 5.92. The highest BCUT2D eigenvalue weighted by atomic mass is 35.5. The topological polar surface area (TPSA) is 70.0 Å². The Morgan fingerprint density at radius 3 is 2.32 bits per heavy atom. The van der Waals surface area contributed by atoms with Crippen molar-refractivity contribution in [3.05, 3.63) is 34.3 Å². The minimum atomic E-state index is -4.45. The maximum atomic E-state index is 11.2. The van der Waals surface area contributed by atoms with E-state index in [0.29, 0.717) is 15.4 Å². The standard InChI is InChI=1S/C12H19ClNO4P/c1-12(2,3)10-6-5-9(11(13)7-10)8-14(18-4)19(15,16)17/h5-7H,8H2,1-4H3,(H2,15,16,17). The van der Waals surface area contributed by atoms with Crippen molar-refractivity contribution >= 4 is 19.3 Å². The molecule has 1 aromatic carbocycles. The molecular weight excluding hydrogens is 289 g/mol. The predicted molar refractivity (Wildman–Crippen MR) is 74.7 cm³/mol. The molecular formula is C12H19ClNO4P. The van der Waals surface area contributed by atoms with Gasteiger partial charge < -0.3 is 9.79 Å². The van der Waals surface area contributed by atoms with Crippen LogP contribution in [0.2, 0.25) is 5.02 Å². The highest BCUT2D eigenvalue weighted by molar-refractivity contribution is 7.48. The first-order chi connectivity index (χ1) is 8.55. The lowest BCUT2D eigenvalue weighted by Crippen LogP contribution is -2.19. The normalized spacial score (nSPS) is 13.1. The summed E-state index contributed by atoms with van der Waals surface area (Å²) in [5.74, 6) is 0. The Kier molecular flexibility index (Phi) is 5.18. The Labute approximate surface area is 118 Å². The van der Waals surface area contributed by atoms with Crippen LogP contribution in [0.25, 0.3) is 0 Å². The maximum Gasteiger partial charge on any atom is 0.426 e. The van der Waals surface area contributed by atoms with E-state index in [-0.39, 0.29) is 12.0 Å². The summed E-state index contributed by atoms with van der Waals surface area (Å²) in [6.45, 7) is 6.12. The van der Waals surface area contributed by atoms with Gasteiger partial charge in [-0.05, 0) is 22.6 Å². The van der Waals surface area contributed by atoms with Crippen molar-refractivity contribution in [2.24, 2.45) is 0 Å². The summed E-state index contributed by atoms with van der Waals surface area (Å²) in [5.41, 5.74) is 1.62. The lowest BCUT2D eigenvalue weighted by atomic mass is 9.87. The zero-order valence-corrected chi connectivity index (χ0v) is 13.1. The number of hydrogen-bond acceptors (Lipinski definition) is 2. The molecule has 0 saturated heterocycles. The average Bonchev–Trinajstić information content (AvgIpc) is 2.24. The minimum Gasteiger partial charge on any atom is -0.311 e. The number of nitrogens with zero attached hydrogens (tertiary/aromatic N) is 1. The Hall–Kier alpha value is -0.420. The summed E-state index contributed by atoms with van der Waals surface area (Å²) < 4.78 is 11.2. The van der Waals surface area contributed by atoms with Gasteiger partial charge in [0, 0.05) is 5.02 Å². The van der Waals surface area contributed by atoms with Gasteiger partial charge in [-0.15, -0.1) is 0 Å². The Morgan fingerprint density at radius 1 is 1.37 bits per heavy atom. The SMILES string of the molecule is CON(Cc1ccc(C(C)(C)C)cc1Cl)P(=O)(O)O. The quantitative estimate of drug-likeness (QED) is 0.661. The van der Waals surface area contributed by atoms with Crippen LogP contribution in [0.1, 0.15) is 31.9 Å². The van der Waals surface area contributed by atoms with Crippen molar-refractivity contribution < 1.29 is 19.2 Å². The number of rotatable bonds is 4. The number of hydroxylamine groups is 1. The van der Waals surface area contributed by atoms with E-state index in [1.54, 1.807) is 6.07 Å². The molecule has 0 spiro atoms. The van der Waals surface area contributed by atoms with Crippen LogP contribution in [0.3, 0.4) is 0 Å². The zero-order chi connectivity index (χ0) is 14.8. The van der Waals surface area contributed by atoms with Gasteiger partial charge in [0.05, 0.1) is 13.7 Å². The second-order valence-corrected chi connectivity index (χ2v) is 7.14. The van der Waals surface area contributed by atoms with Crippen LogP contribution < -0.4 is 0 Å². The van der Waals surface area contributed by atoms with E-state index in [1.165, 1.54) is 7.11 Å². The van der Waals surface area contributed by atoms with E-state index in [0.717, 1.165) is 5.56 Å². The fourth-order valence-corrected chi connectivity index (χ4v) is 2.34. The molecule has 2 N–H and O–H groups in total. The van der Waals surface area contributed by atoms with Gasteiger partial charge in [-0.25, -0.2) is 4.57 Å². The zero-order valence-electron chi connectivity index (χ0n) is 11.4. The minimum absolute atomic E-state index is 0.0354. The molecule has 0 heterocycles. The van der Waals surface area contributed by atoms with Crippen molar-refractivity contribution in [3.8, 4) is 0 Å². The fourth-order valence-electron chi connectivity index (χ4n) is 1.55. The van der Waals surface area contributed by atoms with Gasteiger partial charge in [0.2, 0.25) is 0 Å². The van der Waals surface area contributed by atoms with Crippen LogP contribution in [0.4, 0.5) is 0 Å². The number of halogens is 1. The highest BCUT2D eigenvalue weighted by Gasteiger charge is 2.26. The molecule has 0 bridgehead atoms. The molecule has 19 heavy (non-hydrogen) atoms. The number of hydrogen-bond donors (Lipinski definition) is 2. The molecule has 1 rings (SSSR count). The molecule has 0 fully saturated rings. The van der Waals surface area contributed by atoms with Crippen LogP contribution in [0.15, 0.2) is 18.2 Å². The van der Waals surface area contributed by atoms with E-state index in [1.807, 2.05) is 12.1 Å². The molecule has 0 aromatic heterocycles. The molecule has 0 aliphatic carbocycles. The van der Waals surface area contributed by atoms with Gasteiger partial charge in [0.25, 0.3) is 0 Å². The summed E-state index contributed by atoms with van der Waals surface area (Å²) >= 11 is 6.15. The molecule has 0 saturated carbocycles. The molecule has 0 unspecified atom stereocenters. The van der Waals surface area contributed by atoms with E-state index in [9.17, 15) is 4.57 Å². The molecule has 108 valence electrons. The first kappa shape index (κ1) is 16.6. The summed E-state index contributed by atoms with van der Waals surface area (Å²) in [7, 11) is -3.25. The summed E-state index contributed by atoms with van der Waals surface area (Å²) in [4.78, 5) is 23.4. The van der Waals surface area contributed by atoms with Crippen molar-refractivity contribution in [3.63, 3.8) is 0 Å². The first-order valence-electron chi connectivity index (χ1n) is 5.72. The van der Waals surface area contributed by atoms with Crippen molar-refractivity contribution in [1.29, 1.82) is 0 Å². The molecule has 0 aliphatic rings. The van der Waals surface area contributed by atoms with E-state index in [2.05, 4.69) is 25.6 Å². The summed E-state index contributed by atoms with van der Waals surface area (Å²) in [6.07, 6.45) is 0. The second-order valence-electron chi connectivity index (χ2n) is 5.26. The van der Waals surface area contributed by atoms with Gasteiger partial charge in [-0.3, -0.25) is 4.84 Å². The van der Waals surface area contributed by atoms with Crippen LogP contribution in [-0.4, -0.2) is 21.7 Å². The summed E-state index contributed by atoms with van der Waals surface area (Å²) in [5, 5.41) is 0.461. The predicted octanol–water partition coefficient (Wildman–Crippen LogP) is 3.09. The van der Waals surface area contributed by atoms with Crippen molar-refractivity contribution in [2.45, 2.75) is 32.7 Å². The van der Waals surface area contributed by atoms with E-state index >= 15 is 0 Å². The Bertz CT molecular complexity index is 495. The third-order valence-corrected chi connectivity index (χ3v) is 3.96. The van der Waals surface area contributed by atoms with Crippen LogP contribution in [0, 0.1) is 0 Å². The Morgan fingerprint density at radius 2 is 1.95 bits per heavy atom. The van der Waals surface area contributed by atoms with Gasteiger partial charge in [0.1, 0.15) is 0 Å². The highest BCUT2D eigenvalue weighted by Crippen LogP contribution is 2.41. The van der Waals surface area contributed by atoms with E-state index in [4.69, 9.17) is 21.4 Å². The van der Waals surface area contributed by atoms with Crippen LogP contribution in [0.5, 0.6) is 0 Å². The molecule has 0 amide bonds. The monoisotopic (exact) mass is 307 g/mol. The first-order valence-corrected chi connectivity index (χ1v) is 7.66. The van der Waals surface area contributed by atoms with Gasteiger partial charge in [-0.2, -0.15) is 0 Å². The Balaban J connectivity index is 3.01. The molecule has 5 nitrogen and oxygen atoms in total. The van der Waals surface area contributed by atoms with Gasteiger partial charge in [0.15, 0.2) is 0 Å². The average molecular weight is 308 g/mol. The molecule has 0 atom stereocenters. The van der Waals surface area contributed by atoms with Crippen LogP contribution in [-0.2, 0) is 21.4 Å². The number of benzene rings is 1. The summed E-state index contributed by atoms with van der Waals surface area (Å²) in [6, 6.07) is 5.46.